The van der Waals surface area contributed by atoms with E-state index < -0.39 is 5.97 Å². The molecule has 0 aliphatic rings. The number of aromatic nitrogens is 2. The van der Waals surface area contributed by atoms with Crippen LogP contribution >= 0.6 is 0 Å². The Morgan fingerprint density at radius 3 is 3.00 bits per heavy atom. The van der Waals surface area contributed by atoms with E-state index in [9.17, 15) is 4.79 Å². The number of carbonyl (C=O) groups is 1. The van der Waals surface area contributed by atoms with Gasteiger partial charge >= 0.3 is 5.97 Å². The average Bonchev–Trinajstić information content (AvgIpc) is 2.25. The summed E-state index contributed by atoms with van der Waals surface area (Å²) in [6.45, 7) is 2.43. The zero-order valence-electron chi connectivity index (χ0n) is 8.73. The van der Waals surface area contributed by atoms with Crippen LogP contribution < -0.4 is 11.1 Å². The van der Waals surface area contributed by atoms with E-state index in [-0.39, 0.29) is 11.7 Å². The topological polar surface area (TPSA) is 90.1 Å². The van der Waals surface area contributed by atoms with Gasteiger partial charge in [-0.2, -0.15) is 0 Å². The van der Waals surface area contributed by atoms with Gasteiger partial charge < -0.3 is 15.8 Å². The van der Waals surface area contributed by atoms with E-state index in [1.165, 1.54) is 19.5 Å². The van der Waals surface area contributed by atoms with Crippen molar-refractivity contribution in [2.24, 2.45) is 5.73 Å². The molecule has 1 unspecified atom stereocenters. The van der Waals surface area contributed by atoms with E-state index in [0.29, 0.717) is 12.4 Å². The van der Waals surface area contributed by atoms with Crippen molar-refractivity contribution >= 4 is 11.8 Å². The maximum Gasteiger partial charge on any atom is 0.358 e. The second-order valence-corrected chi connectivity index (χ2v) is 3.14. The van der Waals surface area contributed by atoms with Crippen LogP contribution in [0.2, 0.25) is 0 Å². The predicted molar refractivity (Wildman–Crippen MR) is 55.5 cm³/mol. The third-order valence-corrected chi connectivity index (χ3v) is 1.63. The summed E-state index contributed by atoms with van der Waals surface area (Å²) in [4.78, 5) is 19.0. The summed E-state index contributed by atoms with van der Waals surface area (Å²) in [6, 6.07) is 0.00795. The van der Waals surface area contributed by atoms with E-state index >= 15 is 0 Å². The first-order valence-corrected chi connectivity index (χ1v) is 4.53. The third kappa shape index (κ3) is 3.51. The quantitative estimate of drug-likeness (QED) is 0.681. The monoisotopic (exact) mass is 210 g/mol. The molecule has 6 nitrogen and oxygen atoms in total. The molecule has 0 amide bonds. The Morgan fingerprint density at radius 1 is 1.67 bits per heavy atom. The van der Waals surface area contributed by atoms with Gasteiger partial charge in [0.05, 0.1) is 19.5 Å². The first-order chi connectivity index (χ1) is 7.13. The molecule has 0 saturated heterocycles. The highest BCUT2D eigenvalue weighted by Gasteiger charge is 2.08. The maximum atomic E-state index is 11.1. The number of esters is 1. The first kappa shape index (κ1) is 11.4. The summed E-state index contributed by atoms with van der Waals surface area (Å²) < 4.78 is 4.52. The minimum Gasteiger partial charge on any atom is -0.464 e. The number of hydrogen-bond acceptors (Lipinski definition) is 6. The van der Waals surface area contributed by atoms with Gasteiger partial charge in [0, 0.05) is 12.6 Å². The normalized spacial score (nSPS) is 11.9. The minimum absolute atomic E-state index is 0.00795. The number of nitrogens with one attached hydrogen (secondary N) is 1. The van der Waals surface area contributed by atoms with Gasteiger partial charge in [0.2, 0.25) is 0 Å². The Balaban J connectivity index is 2.70. The molecule has 0 fully saturated rings. The molecule has 0 aromatic carbocycles. The molecule has 0 radical (unpaired) electrons. The van der Waals surface area contributed by atoms with Gasteiger partial charge in [-0.05, 0) is 6.92 Å². The molecule has 0 aliphatic heterocycles. The van der Waals surface area contributed by atoms with Gasteiger partial charge in [-0.3, -0.25) is 4.98 Å². The van der Waals surface area contributed by atoms with Crippen LogP contribution in [0.4, 0.5) is 5.82 Å². The van der Waals surface area contributed by atoms with E-state index in [0.717, 1.165) is 0 Å². The van der Waals surface area contributed by atoms with E-state index in [2.05, 4.69) is 20.0 Å². The zero-order valence-corrected chi connectivity index (χ0v) is 8.73. The van der Waals surface area contributed by atoms with Gasteiger partial charge in [0.25, 0.3) is 0 Å². The standard InChI is InChI=1S/C9H14N4O2/c1-6(10)3-12-8-5-11-4-7(13-8)9(14)15-2/h4-6H,3,10H2,1-2H3,(H,12,13). The second kappa shape index (κ2) is 5.26. The predicted octanol–water partition coefficient (Wildman–Crippen LogP) is 0.0223. The summed E-state index contributed by atoms with van der Waals surface area (Å²) >= 11 is 0. The van der Waals surface area contributed by atoms with Gasteiger partial charge in [-0.25, -0.2) is 9.78 Å². The van der Waals surface area contributed by atoms with Crippen LogP contribution in [-0.4, -0.2) is 35.6 Å². The van der Waals surface area contributed by atoms with Crippen molar-refractivity contribution in [1.82, 2.24) is 9.97 Å². The SMILES string of the molecule is COC(=O)c1cncc(NCC(C)N)n1. The molecule has 1 heterocycles. The highest BCUT2D eigenvalue weighted by molar-refractivity contribution is 5.87. The van der Waals surface area contributed by atoms with Crippen LogP contribution in [0, 0.1) is 0 Å². The molecule has 0 bridgehead atoms. The number of methoxy groups -OCH3 is 1. The Morgan fingerprint density at radius 2 is 2.40 bits per heavy atom. The Labute approximate surface area is 87.9 Å². The largest absolute Gasteiger partial charge is 0.464 e. The van der Waals surface area contributed by atoms with Gasteiger partial charge in [-0.1, -0.05) is 0 Å². The van der Waals surface area contributed by atoms with Crippen LogP contribution in [0.25, 0.3) is 0 Å². The zero-order chi connectivity index (χ0) is 11.3. The summed E-state index contributed by atoms with van der Waals surface area (Å²) in [5.41, 5.74) is 5.74. The second-order valence-electron chi connectivity index (χ2n) is 3.14. The lowest BCUT2D eigenvalue weighted by Crippen LogP contribution is -2.25. The van der Waals surface area contributed by atoms with Crippen LogP contribution in [0.5, 0.6) is 0 Å². The highest BCUT2D eigenvalue weighted by Crippen LogP contribution is 2.02. The third-order valence-electron chi connectivity index (χ3n) is 1.63. The molecule has 1 rings (SSSR count). The van der Waals surface area contributed by atoms with Crippen molar-refractivity contribution < 1.29 is 9.53 Å². The summed E-state index contributed by atoms with van der Waals surface area (Å²) in [6.07, 6.45) is 2.87. The fourth-order valence-corrected chi connectivity index (χ4v) is 0.920. The number of ether oxygens (including phenoxy) is 1. The van der Waals surface area contributed by atoms with Gasteiger partial charge in [-0.15, -0.1) is 0 Å². The first-order valence-electron chi connectivity index (χ1n) is 4.53. The van der Waals surface area contributed by atoms with Gasteiger partial charge in [0.15, 0.2) is 5.69 Å². The number of nitrogens with zero attached hydrogens (tertiary/aromatic N) is 2. The minimum atomic E-state index is -0.507. The van der Waals surface area contributed by atoms with Crippen molar-refractivity contribution in [3.63, 3.8) is 0 Å². The number of nitrogens with two attached hydrogens (primary N) is 1. The van der Waals surface area contributed by atoms with Crippen LogP contribution in [0.1, 0.15) is 17.4 Å². The summed E-state index contributed by atoms with van der Waals surface area (Å²) in [5.74, 6) is 0.00199. The molecule has 15 heavy (non-hydrogen) atoms. The van der Waals surface area contributed by atoms with Crippen LogP contribution in [-0.2, 0) is 4.74 Å². The fourth-order valence-electron chi connectivity index (χ4n) is 0.920. The Hall–Kier alpha value is -1.69. The van der Waals surface area contributed by atoms with Crippen molar-refractivity contribution in [3.05, 3.63) is 18.1 Å². The molecule has 82 valence electrons. The molecule has 0 spiro atoms. The smallest absolute Gasteiger partial charge is 0.358 e. The molecule has 6 heteroatoms. The molecule has 1 atom stereocenters. The summed E-state index contributed by atoms with van der Waals surface area (Å²) in [5, 5.41) is 2.96. The van der Waals surface area contributed by atoms with E-state index in [1.54, 1.807) is 0 Å². The lowest BCUT2D eigenvalue weighted by atomic mass is 10.3. The molecular formula is C9H14N4O2. The molecular weight excluding hydrogens is 196 g/mol. The van der Waals surface area contributed by atoms with Crippen molar-refractivity contribution in [3.8, 4) is 0 Å². The average molecular weight is 210 g/mol. The Bertz CT molecular complexity index is 341. The molecule has 1 aromatic rings. The highest BCUT2D eigenvalue weighted by atomic mass is 16.5. The van der Waals surface area contributed by atoms with Crippen LogP contribution in [0.3, 0.4) is 0 Å². The maximum absolute atomic E-state index is 11.1. The molecule has 0 aliphatic carbocycles. The van der Waals surface area contributed by atoms with E-state index in [1.807, 2.05) is 6.92 Å². The fraction of sp³-hybridized carbons (Fsp3) is 0.444. The number of rotatable bonds is 4. The molecule has 0 saturated carbocycles. The number of carbonyl (C=O) groups excluding carboxylic acids is 1. The van der Waals surface area contributed by atoms with Crippen molar-refractivity contribution in [1.29, 1.82) is 0 Å². The molecule has 3 N–H and O–H groups in total. The lowest BCUT2D eigenvalue weighted by molar-refractivity contribution is 0.0593. The molecule has 1 aromatic heterocycles. The van der Waals surface area contributed by atoms with Crippen LogP contribution in [0.15, 0.2) is 12.4 Å². The van der Waals surface area contributed by atoms with E-state index in [4.69, 9.17) is 5.73 Å². The van der Waals surface area contributed by atoms with Crippen molar-refractivity contribution in [2.75, 3.05) is 19.0 Å². The number of hydrogen-bond donors (Lipinski definition) is 2. The van der Waals surface area contributed by atoms with Gasteiger partial charge in [0.1, 0.15) is 5.82 Å². The number of anilines is 1. The lowest BCUT2D eigenvalue weighted by Gasteiger charge is -2.08. The Kier molecular flexibility index (Phi) is 3.99. The summed E-state index contributed by atoms with van der Waals surface area (Å²) in [7, 11) is 1.30. The van der Waals surface area contributed by atoms with Crippen molar-refractivity contribution in [2.45, 2.75) is 13.0 Å².